The molecule has 0 amide bonds. The Balaban J connectivity index is 2.00. The monoisotopic (exact) mass is 295 g/mol. The van der Waals surface area contributed by atoms with Crippen LogP contribution in [0.2, 0.25) is 0 Å². The van der Waals surface area contributed by atoms with Gasteiger partial charge in [-0.1, -0.05) is 12.1 Å². The fourth-order valence-corrected chi connectivity index (χ4v) is 1.90. The largest absolute Gasteiger partial charge is 0.491 e. The number of hydrogen-bond donors (Lipinski definition) is 2. The van der Waals surface area contributed by atoms with Gasteiger partial charge in [-0.3, -0.25) is 0 Å². The summed E-state index contributed by atoms with van der Waals surface area (Å²) in [6.45, 7) is 8.67. The number of ether oxygens (including phenoxy) is 2. The molecule has 2 N–H and O–H groups in total. The Morgan fingerprint density at radius 3 is 2.76 bits per heavy atom. The first kappa shape index (κ1) is 18.0. The maximum absolute atomic E-state index is 9.84. The standard InChI is InChI=1S/C17H29NO3/c1-14(2)20-10-5-4-9-18-12-16(19)13-21-17-8-6-7-15(3)11-17/h6-8,11,14,16,18-19H,4-5,9-10,12-13H2,1-3H3. The van der Waals surface area contributed by atoms with Gasteiger partial charge in [0.25, 0.3) is 0 Å². The molecule has 0 aliphatic carbocycles. The van der Waals surface area contributed by atoms with Gasteiger partial charge in [-0.25, -0.2) is 0 Å². The van der Waals surface area contributed by atoms with Crippen molar-refractivity contribution < 1.29 is 14.6 Å². The van der Waals surface area contributed by atoms with Crippen LogP contribution in [0.5, 0.6) is 5.75 Å². The molecule has 1 atom stereocenters. The van der Waals surface area contributed by atoms with Gasteiger partial charge in [0.2, 0.25) is 0 Å². The minimum absolute atomic E-state index is 0.304. The van der Waals surface area contributed by atoms with Gasteiger partial charge in [-0.15, -0.1) is 0 Å². The summed E-state index contributed by atoms with van der Waals surface area (Å²) in [4.78, 5) is 0. The van der Waals surface area contributed by atoms with E-state index in [0.717, 1.165) is 37.3 Å². The lowest BCUT2D eigenvalue weighted by atomic mass is 10.2. The van der Waals surface area contributed by atoms with E-state index < -0.39 is 6.10 Å². The van der Waals surface area contributed by atoms with E-state index in [1.807, 2.05) is 45.0 Å². The molecule has 0 aliphatic heterocycles. The molecule has 1 aromatic carbocycles. The minimum atomic E-state index is -0.488. The number of nitrogens with one attached hydrogen (secondary N) is 1. The maximum Gasteiger partial charge on any atom is 0.119 e. The Bertz CT molecular complexity index is 382. The lowest BCUT2D eigenvalue weighted by Crippen LogP contribution is -2.32. The number of aliphatic hydroxyl groups is 1. The summed E-state index contributed by atoms with van der Waals surface area (Å²) in [7, 11) is 0. The predicted octanol–water partition coefficient (Wildman–Crippen LogP) is 2.53. The summed E-state index contributed by atoms with van der Waals surface area (Å²) in [5, 5.41) is 13.1. The SMILES string of the molecule is Cc1cccc(OCC(O)CNCCCCOC(C)C)c1. The second-order valence-corrected chi connectivity index (χ2v) is 5.61. The van der Waals surface area contributed by atoms with Crippen molar-refractivity contribution in [3.05, 3.63) is 29.8 Å². The van der Waals surface area contributed by atoms with Crippen molar-refractivity contribution in [1.29, 1.82) is 0 Å². The molecule has 1 aromatic rings. The Hall–Kier alpha value is -1.10. The fourth-order valence-electron chi connectivity index (χ4n) is 1.90. The van der Waals surface area contributed by atoms with Gasteiger partial charge in [0.1, 0.15) is 18.5 Å². The van der Waals surface area contributed by atoms with Crippen molar-refractivity contribution in [3.8, 4) is 5.75 Å². The molecule has 0 fully saturated rings. The van der Waals surface area contributed by atoms with Crippen molar-refractivity contribution in [2.75, 3.05) is 26.3 Å². The van der Waals surface area contributed by atoms with Crippen molar-refractivity contribution in [1.82, 2.24) is 5.32 Å². The van der Waals surface area contributed by atoms with Crippen LogP contribution in [0.15, 0.2) is 24.3 Å². The Morgan fingerprint density at radius 2 is 2.05 bits per heavy atom. The molecule has 0 saturated carbocycles. The molecule has 4 heteroatoms. The van der Waals surface area contributed by atoms with E-state index in [0.29, 0.717) is 19.3 Å². The van der Waals surface area contributed by atoms with Crippen LogP contribution in [0, 0.1) is 6.92 Å². The molecular weight excluding hydrogens is 266 g/mol. The second-order valence-electron chi connectivity index (χ2n) is 5.61. The molecule has 0 spiro atoms. The smallest absolute Gasteiger partial charge is 0.119 e. The second kappa shape index (κ2) is 10.6. The molecule has 0 aliphatic rings. The summed E-state index contributed by atoms with van der Waals surface area (Å²) in [6, 6.07) is 7.85. The average molecular weight is 295 g/mol. The number of unbranched alkanes of at least 4 members (excludes halogenated alkanes) is 1. The lowest BCUT2D eigenvalue weighted by molar-refractivity contribution is 0.0755. The van der Waals surface area contributed by atoms with Crippen molar-refractivity contribution in [3.63, 3.8) is 0 Å². The zero-order valence-corrected chi connectivity index (χ0v) is 13.5. The van der Waals surface area contributed by atoms with Crippen LogP contribution >= 0.6 is 0 Å². The van der Waals surface area contributed by atoms with E-state index in [2.05, 4.69) is 5.32 Å². The van der Waals surface area contributed by atoms with Crippen LogP contribution in [0.1, 0.15) is 32.3 Å². The van der Waals surface area contributed by atoms with Gasteiger partial charge < -0.3 is 19.9 Å². The van der Waals surface area contributed by atoms with Gasteiger partial charge in [0.15, 0.2) is 0 Å². The molecule has 1 unspecified atom stereocenters. The molecule has 0 saturated heterocycles. The first-order valence-electron chi connectivity index (χ1n) is 7.78. The quantitative estimate of drug-likeness (QED) is 0.616. The summed E-state index contributed by atoms with van der Waals surface area (Å²) in [5.74, 6) is 0.805. The summed E-state index contributed by atoms with van der Waals surface area (Å²) < 4.78 is 11.0. The highest BCUT2D eigenvalue weighted by Gasteiger charge is 2.04. The molecule has 0 aromatic heterocycles. The molecule has 0 radical (unpaired) electrons. The van der Waals surface area contributed by atoms with E-state index in [9.17, 15) is 5.11 Å². The molecule has 0 bridgehead atoms. The third-order valence-electron chi connectivity index (χ3n) is 3.01. The van der Waals surface area contributed by atoms with Crippen LogP contribution in [0.4, 0.5) is 0 Å². The van der Waals surface area contributed by atoms with Gasteiger partial charge >= 0.3 is 0 Å². The van der Waals surface area contributed by atoms with Gasteiger partial charge in [0.05, 0.1) is 6.10 Å². The highest BCUT2D eigenvalue weighted by Crippen LogP contribution is 2.12. The van der Waals surface area contributed by atoms with E-state index >= 15 is 0 Å². The Labute approximate surface area is 128 Å². The Morgan fingerprint density at radius 1 is 1.24 bits per heavy atom. The van der Waals surface area contributed by atoms with Gasteiger partial charge in [-0.2, -0.15) is 0 Å². The first-order chi connectivity index (χ1) is 10.1. The summed E-state index contributed by atoms with van der Waals surface area (Å²) in [6.07, 6.45) is 1.91. The highest BCUT2D eigenvalue weighted by molar-refractivity contribution is 5.27. The summed E-state index contributed by atoms with van der Waals surface area (Å²) >= 11 is 0. The summed E-state index contributed by atoms with van der Waals surface area (Å²) in [5.41, 5.74) is 1.16. The first-order valence-corrected chi connectivity index (χ1v) is 7.78. The highest BCUT2D eigenvalue weighted by atomic mass is 16.5. The number of hydrogen-bond acceptors (Lipinski definition) is 4. The van der Waals surface area contributed by atoms with Crippen LogP contribution in [-0.4, -0.2) is 43.6 Å². The minimum Gasteiger partial charge on any atom is -0.491 e. The molecular formula is C17H29NO3. The van der Waals surface area contributed by atoms with E-state index in [1.165, 1.54) is 0 Å². The van der Waals surface area contributed by atoms with Crippen LogP contribution in [-0.2, 0) is 4.74 Å². The topological polar surface area (TPSA) is 50.7 Å². The van der Waals surface area contributed by atoms with Crippen LogP contribution in [0.3, 0.4) is 0 Å². The molecule has 1 rings (SSSR count). The van der Waals surface area contributed by atoms with Gasteiger partial charge in [-0.05, 0) is 57.9 Å². The third-order valence-corrected chi connectivity index (χ3v) is 3.01. The van der Waals surface area contributed by atoms with E-state index in [4.69, 9.17) is 9.47 Å². The average Bonchev–Trinajstić information content (AvgIpc) is 2.44. The van der Waals surface area contributed by atoms with Crippen molar-refractivity contribution in [2.24, 2.45) is 0 Å². The Kier molecular flexibility index (Phi) is 9.06. The number of aliphatic hydroxyl groups excluding tert-OH is 1. The number of aryl methyl sites for hydroxylation is 1. The maximum atomic E-state index is 9.84. The van der Waals surface area contributed by atoms with E-state index in [-0.39, 0.29) is 0 Å². The molecule has 0 heterocycles. The zero-order chi connectivity index (χ0) is 15.5. The van der Waals surface area contributed by atoms with Crippen LogP contribution < -0.4 is 10.1 Å². The normalized spacial score (nSPS) is 12.6. The third kappa shape index (κ3) is 9.45. The van der Waals surface area contributed by atoms with E-state index in [1.54, 1.807) is 0 Å². The molecule has 120 valence electrons. The number of benzene rings is 1. The predicted molar refractivity (Wildman–Crippen MR) is 85.9 cm³/mol. The van der Waals surface area contributed by atoms with Crippen LogP contribution in [0.25, 0.3) is 0 Å². The fraction of sp³-hybridized carbons (Fsp3) is 0.647. The zero-order valence-electron chi connectivity index (χ0n) is 13.5. The molecule has 21 heavy (non-hydrogen) atoms. The van der Waals surface area contributed by atoms with Gasteiger partial charge in [0, 0.05) is 13.2 Å². The molecule has 4 nitrogen and oxygen atoms in total. The number of rotatable bonds is 11. The van der Waals surface area contributed by atoms with Crippen molar-refractivity contribution >= 4 is 0 Å². The van der Waals surface area contributed by atoms with Crippen molar-refractivity contribution in [2.45, 2.75) is 45.8 Å². The lowest BCUT2D eigenvalue weighted by Gasteiger charge is -2.13.